The monoisotopic (exact) mass is 498 g/mol. The number of halogens is 6. The fraction of sp³-hybridized carbons (Fsp3) is 0.217. The number of benzene rings is 2. The molecule has 0 amide bonds. The first-order chi connectivity index (χ1) is 16.0. The number of carbonyl (C=O) groups excluding carboxylic acids is 1. The summed E-state index contributed by atoms with van der Waals surface area (Å²) < 4.78 is 85.8. The van der Waals surface area contributed by atoms with Crippen LogP contribution in [-0.2, 0) is 23.5 Å². The standard InChI is InChI=1S/C23H16F6N2O2S/c1-2-33-21(32)17-12-31(30-20(17)23(27,28)29)18-8-4-6-14-11-16(34-19(14)18)10-13-5-3-7-15(9-13)22(24,25)26/h3-9,11-12H,2,10H2,1H3. The van der Waals surface area contributed by atoms with Crippen molar-refractivity contribution in [2.45, 2.75) is 25.7 Å². The lowest BCUT2D eigenvalue weighted by Crippen LogP contribution is -2.14. The van der Waals surface area contributed by atoms with Crippen molar-refractivity contribution < 1.29 is 35.9 Å². The van der Waals surface area contributed by atoms with Gasteiger partial charge in [-0.1, -0.05) is 30.3 Å². The molecule has 0 aliphatic heterocycles. The van der Waals surface area contributed by atoms with E-state index in [0.29, 0.717) is 21.3 Å². The van der Waals surface area contributed by atoms with E-state index in [1.807, 2.05) is 0 Å². The molecule has 0 radical (unpaired) electrons. The van der Waals surface area contributed by atoms with E-state index >= 15 is 0 Å². The third-order valence-corrected chi connectivity index (χ3v) is 6.11. The largest absolute Gasteiger partial charge is 0.462 e. The Morgan fingerprint density at radius 2 is 1.76 bits per heavy atom. The van der Waals surface area contributed by atoms with Crippen LogP contribution in [0.3, 0.4) is 0 Å². The average molecular weight is 498 g/mol. The Bertz CT molecular complexity index is 1350. The Hall–Kier alpha value is -3.34. The number of thiophene rings is 1. The predicted octanol–water partition coefficient (Wildman–Crippen LogP) is 6.89. The highest BCUT2D eigenvalue weighted by Gasteiger charge is 2.40. The maximum Gasteiger partial charge on any atom is 0.436 e. The van der Waals surface area contributed by atoms with Gasteiger partial charge in [-0.25, -0.2) is 9.48 Å². The first kappa shape index (κ1) is 23.8. The van der Waals surface area contributed by atoms with E-state index in [4.69, 9.17) is 4.74 Å². The van der Waals surface area contributed by atoms with Crippen LogP contribution in [0.25, 0.3) is 15.8 Å². The van der Waals surface area contributed by atoms with Crippen LogP contribution in [0.2, 0.25) is 0 Å². The molecule has 4 aromatic rings. The lowest BCUT2D eigenvalue weighted by molar-refractivity contribution is -0.142. The molecule has 0 saturated carbocycles. The van der Waals surface area contributed by atoms with Gasteiger partial charge >= 0.3 is 18.3 Å². The van der Waals surface area contributed by atoms with E-state index in [9.17, 15) is 31.1 Å². The number of alkyl halides is 6. The Kier molecular flexibility index (Phi) is 6.15. The molecular weight excluding hydrogens is 482 g/mol. The minimum Gasteiger partial charge on any atom is -0.462 e. The van der Waals surface area contributed by atoms with Gasteiger partial charge in [-0.2, -0.15) is 31.4 Å². The van der Waals surface area contributed by atoms with Crippen molar-refractivity contribution in [1.29, 1.82) is 0 Å². The third kappa shape index (κ3) is 4.79. The van der Waals surface area contributed by atoms with Gasteiger partial charge in [-0.15, -0.1) is 11.3 Å². The molecular formula is C23H16F6N2O2S. The van der Waals surface area contributed by atoms with Crippen molar-refractivity contribution in [1.82, 2.24) is 9.78 Å². The van der Waals surface area contributed by atoms with Crippen LogP contribution < -0.4 is 0 Å². The minimum absolute atomic E-state index is 0.0965. The molecule has 0 aliphatic carbocycles. The van der Waals surface area contributed by atoms with E-state index in [1.165, 1.54) is 24.3 Å². The molecule has 2 aromatic heterocycles. The second kappa shape index (κ2) is 8.79. The van der Waals surface area contributed by atoms with Gasteiger partial charge in [0, 0.05) is 17.5 Å². The molecule has 0 bridgehead atoms. The Morgan fingerprint density at radius 1 is 1.03 bits per heavy atom. The van der Waals surface area contributed by atoms with Crippen molar-refractivity contribution >= 4 is 27.4 Å². The maximum atomic E-state index is 13.5. The zero-order valence-electron chi connectivity index (χ0n) is 17.5. The van der Waals surface area contributed by atoms with E-state index in [-0.39, 0.29) is 13.0 Å². The summed E-state index contributed by atoms with van der Waals surface area (Å²) in [7, 11) is 0. The molecule has 0 atom stereocenters. The highest BCUT2D eigenvalue weighted by Crippen LogP contribution is 2.36. The zero-order chi connectivity index (χ0) is 24.7. The second-order valence-corrected chi connectivity index (χ2v) is 8.47. The van der Waals surface area contributed by atoms with Crippen LogP contribution in [0, 0.1) is 0 Å². The van der Waals surface area contributed by atoms with Gasteiger partial charge in [0.2, 0.25) is 0 Å². The molecule has 0 saturated heterocycles. The molecule has 0 fully saturated rings. The number of carbonyl (C=O) groups is 1. The van der Waals surface area contributed by atoms with E-state index in [0.717, 1.165) is 27.9 Å². The molecule has 4 nitrogen and oxygen atoms in total. The predicted molar refractivity (Wildman–Crippen MR) is 114 cm³/mol. The normalized spacial score (nSPS) is 12.3. The maximum absolute atomic E-state index is 13.5. The smallest absolute Gasteiger partial charge is 0.436 e. The quantitative estimate of drug-likeness (QED) is 0.222. The summed E-state index contributed by atoms with van der Waals surface area (Å²) in [5, 5.41) is 4.30. The Morgan fingerprint density at radius 3 is 2.44 bits per heavy atom. The van der Waals surface area contributed by atoms with Gasteiger partial charge in [0.05, 0.1) is 22.6 Å². The Labute approximate surface area is 193 Å². The van der Waals surface area contributed by atoms with Gasteiger partial charge in [0.15, 0.2) is 5.69 Å². The van der Waals surface area contributed by atoms with E-state index < -0.39 is 35.1 Å². The van der Waals surface area contributed by atoms with Crippen molar-refractivity contribution in [3.8, 4) is 5.69 Å². The van der Waals surface area contributed by atoms with Crippen molar-refractivity contribution in [2.75, 3.05) is 6.61 Å². The van der Waals surface area contributed by atoms with Crippen LogP contribution in [0.5, 0.6) is 0 Å². The summed E-state index contributed by atoms with van der Waals surface area (Å²) in [5.74, 6) is -1.13. The molecule has 2 heterocycles. The van der Waals surface area contributed by atoms with Gasteiger partial charge in [-0.05, 0) is 36.1 Å². The summed E-state index contributed by atoms with van der Waals surface area (Å²) in [6.45, 7) is 1.38. The summed E-state index contributed by atoms with van der Waals surface area (Å²) in [5.41, 5.74) is -2.06. The lowest BCUT2D eigenvalue weighted by Gasteiger charge is -2.08. The van der Waals surface area contributed by atoms with Crippen LogP contribution >= 0.6 is 11.3 Å². The molecule has 2 aromatic carbocycles. The number of rotatable bonds is 5. The van der Waals surface area contributed by atoms with Crippen molar-refractivity contribution in [3.63, 3.8) is 0 Å². The lowest BCUT2D eigenvalue weighted by atomic mass is 10.1. The minimum atomic E-state index is -4.87. The molecule has 4 rings (SSSR count). The number of esters is 1. The van der Waals surface area contributed by atoms with Crippen molar-refractivity contribution in [2.24, 2.45) is 0 Å². The number of hydrogen-bond donors (Lipinski definition) is 0. The molecule has 0 unspecified atom stereocenters. The fourth-order valence-electron chi connectivity index (χ4n) is 3.49. The topological polar surface area (TPSA) is 44.1 Å². The highest BCUT2D eigenvalue weighted by molar-refractivity contribution is 7.19. The molecule has 0 spiro atoms. The number of nitrogens with zero attached hydrogens (tertiary/aromatic N) is 2. The van der Waals surface area contributed by atoms with Gasteiger partial charge in [-0.3, -0.25) is 0 Å². The first-order valence-corrected chi connectivity index (χ1v) is 10.8. The SMILES string of the molecule is CCOC(=O)c1cn(-c2cccc3cc(Cc4cccc(C(F)(F)F)c4)sc23)nc1C(F)(F)F. The van der Waals surface area contributed by atoms with E-state index in [1.54, 1.807) is 30.3 Å². The number of hydrogen-bond acceptors (Lipinski definition) is 4. The molecule has 11 heteroatoms. The number of ether oxygens (including phenoxy) is 1. The zero-order valence-corrected chi connectivity index (χ0v) is 18.3. The van der Waals surface area contributed by atoms with Gasteiger partial charge in [0.1, 0.15) is 5.56 Å². The molecule has 178 valence electrons. The summed E-state index contributed by atoms with van der Waals surface area (Å²) >= 11 is 1.23. The first-order valence-electron chi connectivity index (χ1n) is 9.99. The summed E-state index contributed by atoms with van der Waals surface area (Å²) in [4.78, 5) is 12.8. The number of aromatic nitrogens is 2. The Balaban J connectivity index is 1.74. The fourth-order valence-corrected chi connectivity index (χ4v) is 4.69. The molecule has 34 heavy (non-hydrogen) atoms. The van der Waals surface area contributed by atoms with Crippen LogP contribution in [0.1, 0.15) is 39.0 Å². The summed E-state index contributed by atoms with van der Waals surface area (Å²) in [6, 6.07) is 11.6. The average Bonchev–Trinajstić information content (AvgIpc) is 3.37. The van der Waals surface area contributed by atoms with Crippen molar-refractivity contribution in [3.05, 3.63) is 82.0 Å². The van der Waals surface area contributed by atoms with Gasteiger partial charge in [0.25, 0.3) is 0 Å². The van der Waals surface area contributed by atoms with Crippen LogP contribution in [0.4, 0.5) is 26.3 Å². The van der Waals surface area contributed by atoms with Crippen LogP contribution in [0.15, 0.2) is 54.7 Å². The second-order valence-electron chi connectivity index (χ2n) is 7.34. The van der Waals surface area contributed by atoms with Crippen LogP contribution in [-0.4, -0.2) is 22.4 Å². The van der Waals surface area contributed by atoms with Gasteiger partial charge < -0.3 is 4.74 Å². The molecule has 0 aliphatic rings. The summed E-state index contributed by atoms with van der Waals surface area (Å²) in [6.07, 6.45) is -8.15. The van der Waals surface area contributed by atoms with E-state index in [2.05, 4.69) is 5.10 Å². The number of fused-ring (bicyclic) bond motifs is 1. The molecule has 0 N–H and O–H groups in total. The highest BCUT2D eigenvalue weighted by atomic mass is 32.1. The third-order valence-electron chi connectivity index (χ3n) is 4.93.